The molecule has 0 saturated heterocycles. The highest BCUT2D eigenvalue weighted by Gasteiger charge is 2.03. The normalized spacial score (nSPS) is 10.8. The van der Waals surface area contributed by atoms with Crippen LogP contribution in [0, 0.1) is 12.7 Å². The largest absolute Gasteiger partial charge is 0.206 e. The molecule has 2 rings (SSSR count). The van der Waals surface area contributed by atoms with Gasteiger partial charge in [-0.15, -0.1) is 0 Å². The maximum Gasteiger partial charge on any atom is 0.133 e. The summed E-state index contributed by atoms with van der Waals surface area (Å²) < 4.78 is 13.6. The van der Waals surface area contributed by atoms with E-state index in [4.69, 9.17) is 0 Å². The summed E-state index contributed by atoms with van der Waals surface area (Å²) >= 11 is 0. The Kier molecular flexibility index (Phi) is 2.24. The number of fused-ring (bicyclic) bond motifs is 1. The second-order valence-corrected chi connectivity index (χ2v) is 3.61. The van der Waals surface area contributed by atoms with Gasteiger partial charge in [0.1, 0.15) is 5.82 Å². The molecule has 0 saturated carbocycles. The van der Waals surface area contributed by atoms with Crippen molar-refractivity contribution in [2.75, 3.05) is 0 Å². The quantitative estimate of drug-likeness (QED) is 0.637. The molecule has 0 nitrogen and oxygen atoms in total. The van der Waals surface area contributed by atoms with Crippen molar-refractivity contribution < 1.29 is 4.39 Å². The molecule has 0 bridgehead atoms. The third-order valence-corrected chi connectivity index (χ3v) is 2.62. The Morgan fingerprint density at radius 1 is 1.14 bits per heavy atom. The zero-order valence-corrected chi connectivity index (χ0v) is 8.47. The average Bonchev–Trinajstić information content (AvgIpc) is 2.23. The lowest BCUT2D eigenvalue weighted by Gasteiger charge is -2.04. The molecule has 0 spiro atoms. The number of halogens is 1. The molecule has 0 N–H and O–H groups in total. The van der Waals surface area contributed by atoms with Crippen molar-refractivity contribution in [3.63, 3.8) is 0 Å². The highest BCUT2D eigenvalue weighted by Crippen LogP contribution is 2.21. The molecule has 72 valence electrons. The SMILES string of the molecule is CCc1ccc2c(F)c(C)ccc2c1. The fraction of sp³-hybridized carbons (Fsp3) is 0.231. The Balaban J connectivity index is 2.74. The molecule has 2 aromatic rings. The van der Waals surface area contributed by atoms with E-state index in [1.54, 1.807) is 6.92 Å². The Labute approximate surface area is 83.4 Å². The second-order valence-electron chi connectivity index (χ2n) is 3.61. The number of benzene rings is 2. The first kappa shape index (κ1) is 9.20. The zero-order valence-electron chi connectivity index (χ0n) is 8.47. The first-order valence-corrected chi connectivity index (χ1v) is 4.90. The first-order valence-electron chi connectivity index (χ1n) is 4.90. The minimum Gasteiger partial charge on any atom is -0.206 e. The maximum atomic E-state index is 13.6. The Morgan fingerprint density at radius 2 is 1.93 bits per heavy atom. The number of rotatable bonds is 1. The standard InChI is InChI=1S/C13H13F/c1-3-10-5-7-12-11(8-10)6-4-9(2)13(12)14/h4-8H,3H2,1-2H3. The molecule has 0 atom stereocenters. The minimum atomic E-state index is -0.0925. The van der Waals surface area contributed by atoms with Crippen molar-refractivity contribution in [2.45, 2.75) is 20.3 Å². The number of aryl methyl sites for hydroxylation is 2. The minimum absolute atomic E-state index is 0.0925. The van der Waals surface area contributed by atoms with E-state index in [9.17, 15) is 4.39 Å². The van der Waals surface area contributed by atoms with Crippen LogP contribution in [0.25, 0.3) is 10.8 Å². The van der Waals surface area contributed by atoms with E-state index in [2.05, 4.69) is 13.0 Å². The molecule has 0 aromatic heterocycles. The van der Waals surface area contributed by atoms with E-state index < -0.39 is 0 Å². The van der Waals surface area contributed by atoms with Gasteiger partial charge in [0, 0.05) is 5.39 Å². The predicted octanol–water partition coefficient (Wildman–Crippen LogP) is 3.85. The van der Waals surface area contributed by atoms with Crippen molar-refractivity contribution in [3.8, 4) is 0 Å². The molecule has 0 aliphatic heterocycles. The van der Waals surface area contributed by atoms with Gasteiger partial charge in [0.15, 0.2) is 0 Å². The van der Waals surface area contributed by atoms with Crippen LogP contribution in [-0.4, -0.2) is 0 Å². The summed E-state index contributed by atoms with van der Waals surface area (Å²) in [5.41, 5.74) is 1.96. The van der Waals surface area contributed by atoms with Crippen LogP contribution >= 0.6 is 0 Å². The number of hydrogen-bond acceptors (Lipinski definition) is 0. The summed E-state index contributed by atoms with van der Waals surface area (Å²) in [7, 11) is 0. The van der Waals surface area contributed by atoms with Crippen LogP contribution in [0.1, 0.15) is 18.1 Å². The Hall–Kier alpha value is -1.37. The van der Waals surface area contributed by atoms with Crippen molar-refractivity contribution in [1.82, 2.24) is 0 Å². The molecule has 0 unspecified atom stereocenters. The summed E-state index contributed by atoms with van der Waals surface area (Å²) in [4.78, 5) is 0. The Bertz CT molecular complexity index is 472. The molecule has 0 amide bonds. The fourth-order valence-corrected chi connectivity index (χ4v) is 1.67. The van der Waals surface area contributed by atoms with Crippen molar-refractivity contribution in [1.29, 1.82) is 0 Å². The highest BCUT2D eigenvalue weighted by molar-refractivity contribution is 5.84. The molecule has 2 aromatic carbocycles. The van der Waals surface area contributed by atoms with Crippen LogP contribution in [0.5, 0.6) is 0 Å². The van der Waals surface area contributed by atoms with Crippen LogP contribution in [0.3, 0.4) is 0 Å². The third kappa shape index (κ3) is 1.39. The van der Waals surface area contributed by atoms with E-state index in [1.807, 2.05) is 24.3 Å². The summed E-state index contributed by atoms with van der Waals surface area (Å²) in [6.45, 7) is 3.90. The van der Waals surface area contributed by atoms with Crippen LogP contribution in [0.2, 0.25) is 0 Å². The molecule has 0 aliphatic carbocycles. The van der Waals surface area contributed by atoms with Crippen molar-refractivity contribution in [3.05, 3.63) is 47.3 Å². The van der Waals surface area contributed by atoms with Crippen LogP contribution < -0.4 is 0 Å². The van der Waals surface area contributed by atoms with Gasteiger partial charge in [0.05, 0.1) is 0 Å². The lowest BCUT2D eigenvalue weighted by molar-refractivity contribution is 0.630. The maximum absolute atomic E-state index is 13.6. The smallest absolute Gasteiger partial charge is 0.133 e. The van der Waals surface area contributed by atoms with E-state index >= 15 is 0 Å². The van der Waals surface area contributed by atoms with Gasteiger partial charge in [-0.3, -0.25) is 0 Å². The molecular weight excluding hydrogens is 175 g/mol. The molecule has 14 heavy (non-hydrogen) atoms. The third-order valence-electron chi connectivity index (χ3n) is 2.62. The van der Waals surface area contributed by atoms with Gasteiger partial charge < -0.3 is 0 Å². The van der Waals surface area contributed by atoms with E-state index in [-0.39, 0.29) is 5.82 Å². The summed E-state index contributed by atoms with van der Waals surface area (Å²) in [6, 6.07) is 9.73. The Morgan fingerprint density at radius 3 is 2.64 bits per heavy atom. The van der Waals surface area contributed by atoms with Crippen LogP contribution in [0.4, 0.5) is 4.39 Å². The molecule has 0 aliphatic rings. The lowest BCUT2D eigenvalue weighted by atomic mass is 10.0. The van der Waals surface area contributed by atoms with Gasteiger partial charge in [0.25, 0.3) is 0 Å². The van der Waals surface area contributed by atoms with E-state index in [0.717, 1.165) is 17.2 Å². The van der Waals surface area contributed by atoms with E-state index in [0.29, 0.717) is 5.56 Å². The van der Waals surface area contributed by atoms with Crippen LogP contribution in [0.15, 0.2) is 30.3 Å². The summed E-state index contributed by atoms with van der Waals surface area (Å²) in [5, 5.41) is 1.72. The van der Waals surface area contributed by atoms with Crippen LogP contribution in [-0.2, 0) is 6.42 Å². The van der Waals surface area contributed by atoms with Gasteiger partial charge in [0.2, 0.25) is 0 Å². The van der Waals surface area contributed by atoms with Crippen molar-refractivity contribution in [2.24, 2.45) is 0 Å². The topological polar surface area (TPSA) is 0 Å². The average molecular weight is 188 g/mol. The van der Waals surface area contributed by atoms with Gasteiger partial charge in [-0.2, -0.15) is 0 Å². The van der Waals surface area contributed by atoms with E-state index in [1.165, 1.54) is 5.56 Å². The molecule has 0 radical (unpaired) electrons. The predicted molar refractivity (Wildman–Crippen MR) is 58.0 cm³/mol. The highest BCUT2D eigenvalue weighted by atomic mass is 19.1. The van der Waals surface area contributed by atoms with Gasteiger partial charge in [-0.1, -0.05) is 37.3 Å². The van der Waals surface area contributed by atoms with Gasteiger partial charge in [-0.05, 0) is 29.9 Å². The van der Waals surface area contributed by atoms with Gasteiger partial charge in [-0.25, -0.2) is 4.39 Å². The second kappa shape index (κ2) is 3.41. The fourth-order valence-electron chi connectivity index (χ4n) is 1.67. The molecule has 0 fully saturated rings. The molecule has 0 heterocycles. The number of hydrogen-bond donors (Lipinski definition) is 0. The monoisotopic (exact) mass is 188 g/mol. The molecule has 1 heteroatoms. The van der Waals surface area contributed by atoms with Gasteiger partial charge >= 0.3 is 0 Å². The zero-order chi connectivity index (χ0) is 10.1. The summed E-state index contributed by atoms with van der Waals surface area (Å²) in [6.07, 6.45) is 0.992. The first-order chi connectivity index (χ1) is 6.72. The summed E-state index contributed by atoms with van der Waals surface area (Å²) in [5.74, 6) is -0.0925. The van der Waals surface area contributed by atoms with Crippen molar-refractivity contribution >= 4 is 10.8 Å². The molecular formula is C13H13F. The lowest BCUT2D eigenvalue weighted by Crippen LogP contribution is -1.86.